The van der Waals surface area contributed by atoms with Crippen LogP contribution in [-0.4, -0.2) is 20.5 Å². The molecule has 2 aromatic carbocycles. The molecule has 0 amide bonds. The van der Waals surface area contributed by atoms with E-state index in [1.807, 2.05) is 37.3 Å². The minimum absolute atomic E-state index is 0.00334. The van der Waals surface area contributed by atoms with E-state index in [2.05, 4.69) is 15.4 Å². The van der Waals surface area contributed by atoms with Crippen molar-refractivity contribution in [1.82, 2.24) is 14.8 Å². The molecule has 5 rings (SSSR count). The summed E-state index contributed by atoms with van der Waals surface area (Å²) < 4.78 is 29.4. The van der Waals surface area contributed by atoms with Crippen LogP contribution in [0.1, 0.15) is 35.1 Å². The van der Waals surface area contributed by atoms with Gasteiger partial charge >= 0.3 is 0 Å². The van der Waals surface area contributed by atoms with Gasteiger partial charge < -0.3 is 5.32 Å². The molecule has 0 spiro atoms. The lowest BCUT2D eigenvalue weighted by Crippen LogP contribution is -2.40. The molecule has 1 aromatic heterocycles. The SMILES string of the molecule is Cc1ccc([C@@H]2C=C3Nc4ncnn4[C@H](c4cc(F)cc(F)c4)[C@H]3C(=O)C2)cc1. The molecule has 0 unspecified atom stereocenters. The van der Waals surface area contributed by atoms with Crippen LogP contribution in [0.4, 0.5) is 14.7 Å². The Hall–Kier alpha value is -3.35. The minimum atomic E-state index is -0.688. The van der Waals surface area contributed by atoms with Gasteiger partial charge in [0.1, 0.15) is 23.7 Å². The maximum absolute atomic E-state index is 13.9. The van der Waals surface area contributed by atoms with Crippen LogP contribution >= 0.6 is 0 Å². The number of nitrogens with one attached hydrogen (secondary N) is 1. The number of benzene rings is 2. The van der Waals surface area contributed by atoms with Gasteiger partial charge in [0.05, 0.1) is 12.0 Å². The van der Waals surface area contributed by atoms with E-state index in [-0.39, 0.29) is 11.7 Å². The van der Waals surface area contributed by atoms with E-state index in [0.717, 1.165) is 17.2 Å². The van der Waals surface area contributed by atoms with E-state index < -0.39 is 23.6 Å². The zero-order chi connectivity index (χ0) is 20.1. The van der Waals surface area contributed by atoms with Crippen molar-refractivity contribution in [2.24, 2.45) is 5.92 Å². The number of ketones is 1. The van der Waals surface area contributed by atoms with Gasteiger partial charge in [-0.15, -0.1) is 0 Å². The molecule has 29 heavy (non-hydrogen) atoms. The number of Topliss-reactive ketones (excluding diaryl/α,β-unsaturated/α-hetero) is 1. The molecule has 3 aromatic rings. The lowest BCUT2D eigenvalue weighted by Gasteiger charge is -2.38. The third-order valence-electron chi connectivity index (χ3n) is 5.62. The molecule has 1 aliphatic heterocycles. The van der Waals surface area contributed by atoms with Crippen LogP contribution in [0.15, 0.2) is 60.6 Å². The number of carbonyl (C=O) groups excluding carboxylic acids is 1. The first-order valence-corrected chi connectivity index (χ1v) is 9.43. The number of hydrogen-bond acceptors (Lipinski definition) is 4. The lowest BCUT2D eigenvalue weighted by molar-refractivity contribution is -0.123. The Morgan fingerprint density at radius 2 is 1.79 bits per heavy atom. The Labute approximate surface area is 166 Å². The van der Waals surface area contributed by atoms with Gasteiger partial charge in [0.15, 0.2) is 0 Å². The summed E-state index contributed by atoms with van der Waals surface area (Å²) >= 11 is 0. The largest absolute Gasteiger partial charge is 0.328 e. The number of allylic oxidation sites excluding steroid dienone is 2. The average molecular weight is 392 g/mol. The summed E-state index contributed by atoms with van der Waals surface area (Å²) in [4.78, 5) is 17.4. The van der Waals surface area contributed by atoms with Crippen molar-refractivity contribution in [1.29, 1.82) is 0 Å². The van der Waals surface area contributed by atoms with Gasteiger partial charge in [-0.3, -0.25) is 4.79 Å². The van der Waals surface area contributed by atoms with Crippen LogP contribution in [0.3, 0.4) is 0 Å². The van der Waals surface area contributed by atoms with Crippen LogP contribution in [0.25, 0.3) is 0 Å². The van der Waals surface area contributed by atoms with Crippen molar-refractivity contribution in [2.75, 3.05) is 5.32 Å². The Morgan fingerprint density at radius 1 is 1.07 bits per heavy atom. The lowest BCUT2D eigenvalue weighted by atomic mass is 9.75. The summed E-state index contributed by atoms with van der Waals surface area (Å²) in [6, 6.07) is 10.8. The van der Waals surface area contributed by atoms with Gasteiger partial charge in [0, 0.05) is 24.1 Å². The molecule has 1 N–H and O–H groups in total. The molecule has 2 aliphatic rings. The fourth-order valence-electron chi connectivity index (χ4n) is 4.28. The molecule has 146 valence electrons. The van der Waals surface area contributed by atoms with E-state index in [4.69, 9.17) is 0 Å². The number of nitrogens with zero attached hydrogens (tertiary/aromatic N) is 3. The topological polar surface area (TPSA) is 59.8 Å². The van der Waals surface area contributed by atoms with E-state index in [0.29, 0.717) is 23.6 Å². The van der Waals surface area contributed by atoms with Gasteiger partial charge in [-0.05, 0) is 30.2 Å². The second-order valence-electron chi connectivity index (χ2n) is 7.59. The Morgan fingerprint density at radius 3 is 2.52 bits per heavy atom. The van der Waals surface area contributed by atoms with E-state index >= 15 is 0 Å². The van der Waals surface area contributed by atoms with Crippen molar-refractivity contribution in [3.63, 3.8) is 0 Å². The third-order valence-corrected chi connectivity index (χ3v) is 5.62. The van der Waals surface area contributed by atoms with Crippen LogP contribution in [0.2, 0.25) is 0 Å². The normalized spacial score (nSPS) is 23.1. The number of aromatic nitrogens is 3. The Bertz CT molecular complexity index is 1120. The molecule has 2 heterocycles. The molecule has 1 aliphatic carbocycles. The van der Waals surface area contributed by atoms with E-state index in [1.165, 1.54) is 23.1 Å². The smallest absolute Gasteiger partial charge is 0.226 e. The first kappa shape index (κ1) is 17.7. The highest BCUT2D eigenvalue weighted by Crippen LogP contribution is 2.44. The monoisotopic (exact) mass is 392 g/mol. The minimum Gasteiger partial charge on any atom is -0.328 e. The molecule has 0 fully saturated rings. The molecule has 0 saturated carbocycles. The number of fused-ring (bicyclic) bond motifs is 2. The predicted octanol–water partition coefficient (Wildman–Crippen LogP) is 4.14. The van der Waals surface area contributed by atoms with Crippen LogP contribution in [0, 0.1) is 24.5 Å². The zero-order valence-electron chi connectivity index (χ0n) is 15.6. The summed E-state index contributed by atoms with van der Waals surface area (Å²) in [5, 5.41) is 7.40. The summed E-state index contributed by atoms with van der Waals surface area (Å²) in [5.74, 6) is -1.61. The van der Waals surface area contributed by atoms with Crippen LogP contribution < -0.4 is 5.32 Å². The number of carbonyl (C=O) groups is 1. The third kappa shape index (κ3) is 3.03. The molecular weight excluding hydrogens is 374 g/mol. The number of aryl methyl sites for hydroxylation is 1. The molecule has 0 bridgehead atoms. The number of anilines is 1. The first-order valence-electron chi connectivity index (χ1n) is 9.43. The van der Waals surface area contributed by atoms with Crippen molar-refractivity contribution < 1.29 is 13.6 Å². The van der Waals surface area contributed by atoms with Crippen molar-refractivity contribution >= 4 is 11.7 Å². The predicted molar refractivity (Wildman–Crippen MR) is 103 cm³/mol. The molecule has 7 heteroatoms. The number of rotatable bonds is 2. The average Bonchev–Trinajstić information content (AvgIpc) is 3.14. The highest BCUT2D eigenvalue weighted by molar-refractivity contribution is 5.88. The molecule has 0 saturated heterocycles. The van der Waals surface area contributed by atoms with E-state index in [1.54, 1.807) is 0 Å². The molecule has 0 radical (unpaired) electrons. The fourth-order valence-corrected chi connectivity index (χ4v) is 4.28. The van der Waals surface area contributed by atoms with Crippen molar-refractivity contribution in [3.05, 3.63) is 88.9 Å². The van der Waals surface area contributed by atoms with Crippen molar-refractivity contribution in [3.8, 4) is 0 Å². The van der Waals surface area contributed by atoms with Gasteiger partial charge in [0.2, 0.25) is 5.95 Å². The van der Waals surface area contributed by atoms with Crippen LogP contribution in [-0.2, 0) is 4.79 Å². The standard InChI is InChI=1S/C22H18F2N4O/c1-12-2-4-13(5-3-12)14-8-18-20(19(29)9-14)21(28-22(27-18)25-11-26-28)15-6-16(23)10-17(24)7-15/h2-8,10-11,14,20-21H,9H2,1H3,(H,25,26,27)/t14-,20-,21-/m1/s1. The molecule has 5 nitrogen and oxygen atoms in total. The van der Waals surface area contributed by atoms with Gasteiger partial charge in [-0.25, -0.2) is 13.5 Å². The maximum atomic E-state index is 13.9. The first-order chi connectivity index (χ1) is 14.0. The van der Waals surface area contributed by atoms with Gasteiger partial charge in [0.25, 0.3) is 0 Å². The summed E-state index contributed by atoms with van der Waals surface area (Å²) in [6.45, 7) is 2.02. The van der Waals surface area contributed by atoms with Gasteiger partial charge in [-0.1, -0.05) is 35.9 Å². The maximum Gasteiger partial charge on any atom is 0.226 e. The number of hydrogen-bond donors (Lipinski definition) is 1. The quantitative estimate of drug-likeness (QED) is 0.712. The summed E-state index contributed by atoms with van der Waals surface area (Å²) in [5.41, 5.74) is 3.26. The summed E-state index contributed by atoms with van der Waals surface area (Å²) in [7, 11) is 0. The van der Waals surface area contributed by atoms with Gasteiger partial charge in [-0.2, -0.15) is 10.1 Å². The van der Waals surface area contributed by atoms with Crippen LogP contribution in [0.5, 0.6) is 0 Å². The Balaban J connectivity index is 1.62. The highest BCUT2D eigenvalue weighted by atomic mass is 19.1. The summed E-state index contributed by atoms with van der Waals surface area (Å²) in [6.07, 6.45) is 3.71. The second kappa shape index (κ2) is 6.62. The van der Waals surface area contributed by atoms with Crippen molar-refractivity contribution in [2.45, 2.75) is 25.3 Å². The molecular formula is C22H18F2N4O. The Kier molecular flexibility index (Phi) is 4.04. The fraction of sp³-hybridized carbons (Fsp3) is 0.227. The zero-order valence-corrected chi connectivity index (χ0v) is 15.6. The number of halogens is 2. The highest BCUT2D eigenvalue weighted by Gasteiger charge is 2.43. The van der Waals surface area contributed by atoms with E-state index in [9.17, 15) is 13.6 Å². The molecule has 3 atom stereocenters. The second-order valence-corrected chi connectivity index (χ2v) is 7.59.